The van der Waals surface area contributed by atoms with E-state index in [9.17, 15) is 9.59 Å². The monoisotopic (exact) mass is 366 g/mol. The first-order valence-corrected chi connectivity index (χ1v) is 10.1. The number of amides is 2. The van der Waals surface area contributed by atoms with Gasteiger partial charge in [0.1, 0.15) is 10.9 Å². The maximum Gasteiger partial charge on any atom is 0.255 e. The molecule has 1 heterocycles. The smallest absolute Gasteiger partial charge is 0.255 e. The molecule has 0 fully saturated rings. The van der Waals surface area contributed by atoms with Crippen LogP contribution in [0.3, 0.4) is 0 Å². The molecule has 0 bridgehead atoms. The number of hydrogen-bond acceptors (Lipinski definition) is 5. The molecule has 1 aromatic heterocycles. The van der Waals surface area contributed by atoms with Crippen molar-refractivity contribution in [3.63, 3.8) is 0 Å². The Labute approximate surface area is 155 Å². The van der Waals surface area contributed by atoms with Crippen molar-refractivity contribution in [1.29, 1.82) is 0 Å². The van der Waals surface area contributed by atoms with Crippen LogP contribution in [-0.4, -0.2) is 52.6 Å². The third-order valence-electron chi connectivity index (χ3n) is 3.98. The van der Waals surface area contributed by atoms with Crippen molar-refractivity contribution in [2.24, 2.45) is 0 Å². The number of rotatable bonds is 9. The van der Waals surface area contributed by atoms with E-state index in [0.29, 0.717) is 35.7 Å². The summed E-state index contributed by atoms with van der Waals surface area (Å²) in [5.74, 6) is 0.924. The van der Waals surface area contributed by atoms with Crippen molar-refractivity contribution in [2.45, 2.75) is 58.4 Å². The molecule has 0 saturated carbocycles. The van der Waals surface area contributed by atoms with Crippen molar-refractivity contribution in [1.82, 2.24) is 20.2 Å². The minimum Gasteiger partial charge on any atom is -0.352 e. The summed E-state index contributed by atoms with van der Waals surface area (Å²) in [7, 11) is 0. The van der Waals surface area contributed by atoms with E-state index in [1.807, 2.05) is 40.9 Å². The first kappa shape index (κ1) is 21.4. The maximum absolute atomic E-state index is 12.5. The molecule has 140 valence electrons. The lowest BCUT2D eigenvalue weighted by atomic mass is 10.1. The minimum atomic E-state index is -0.174. The highest BCUT2D eigenvalue weighted by atomic mass is 32.2. The van der Waals surface area contributed by atoms with Gasteiger partial charge >= 0.3 is 0 Å². The molecule has 6 nitrogen and oxygen atoms in total. The molecule has 0 aliphatic rings. The minimum absolute atomic E-state index is 0.129. The molecule has 0 aliphatic heterocycles. The highest BCUT2D eigenvalue weighted by Crippen LogP contribution is 2.23. The number of thioether (sulfide) groups is 1. The first-order chi connectivity index (χ1) is 11.8. The average Bonchev–Trinajstić information content (AvgIpc) is 2.58. The molecule has 0 unspecified atom stereocenters. The van der Waals surface area contributed by atoms with Gasteiger partial charge in [0.15, 0.2) is 0 Å². The number of nitrogens with one attached hydrogen (secondary N) is 1. The quantitative estimate of drug-likeness (QED) is 0.413. The van der Waals surface area contributed by atoms with E-state index < -0.39 is 0 Å². The van der Waals surface area contributed by atoms with Gasteiger partial charge < -0.3 is 10.2 Å². The number of aryl methyl sites for hydroxylation is 1. The lowest BCUT2D eigenvalue weighted by Gasteiger charge is -2.18. The fourth-order valence-electron chi connectivity index (χ4n) is 2.50. The van der Waals surface area contributed by atoms with Crippen LogP contribution in [0, 0.1) is 6.92 Å². The number of carbonyl (C=O) groups excluding carboxylic acids is 2. The lowest BCUT2D eigenvalue weighted by molar-refractivity contribution is -0.130. The normalized spacial score (nSPS) is 10.8. The molecule has 0 atom stereocenters. The molecule has 2 amide bonds. The number of aromatic nitrogens is 2. The Kier molecular flexibility index (Phi) is 8.89. The SMILES string of the molecule is CCN(CC)C(=O)CCCNC(=O)c1c(C)nc(C(C)C)nc1SC. The first-order valence-electron chi connectivity index (χ1n) is 8.84. The molecule has 0 radical (unpaired) electrons. The fourth-order valence-corrected chi connectivity index (χ4v) is 3.13. The lowest BCUT2D eigenvalue weighted by Crippen LogP contribution is -2.32. The largest absolute Gasteiger partial charge is 0.352 e. The van der Waals surface area contributed by atoms with Crippen LogP contribution < -0.4 is 5.32 Å². The van der Waals surface area contributed by atoms with Crippen LogP contribution in [0.5, 0.6) is 0 Å². The summed E-state index contributed by atoms with van der Waals surface area (Å²) in [5, 5.41) is 3.59. The van der Waals surface area contributed by atoms with E-state index in [0.717, 1.165) is 18.9 Å². The van der Waals surface area contributed by atoms with E-state index in [-0.39, 0.29) is 17.7 Å². The van der Waals surface area contributed by atoms with Gasteiger partial charge in [-0.25, -0.2) is 9.97 Å². The van der Waals surface area contributed by atoms with Gasteiger partial charge in [-0.15, -0.1) is 11.8 Å². The number of carbonyl (C=O) groups is 2. The average molecular weight is 367 g/mol. The Morgan fingerprint density at radius 1 is 1.20 bits per heavy atom. The predicted molar refractivity (Wildman–Crippen MR) is 102 cm³/mol. The summed E-state index contributed by atoms with van der Waals surface area (Å²) in [6.07, 6.45) is 2.98. The summed E-state index contributed by atoms with van der Waals surface area (Å²) in [6.45, 7) is 11.7. The highest BCUT2D eigenvalue weighted by molar-refractivity contribution is 7.98. The van der Waals surface area contributed by atoms with E-state index in [1.54, 1.807) is 4.90 Å². The Balaban J connectivity index is 2.68. The van der Waals surface area contributed by atoms with Crippen molar-refractivity contribution in [3.8, 4) is 0 Å². The van der Waals surface area contributed by atoms with Crippen molar-refractivity contribution < 1.29 is 9.59 Å². The third-order valence-corrected chi connectivity index (χ3v) is 4.66. The van der Waals surface area contributed by atoms with Gasteiger partial charge in [0.05, 0.1) is 11.3 Å². The van der Waals surface area contributed by atoms with Gasteiger partial charge in [-0.05, 0) is 33.4 Å². The summed E-state index contributed by atoms with van der Waals surface area (Å²) < 4.78 is 0. The molecule has 0 spiro atoms. The van der Waals surface area contributed by atoms with Gasteiger partial charge in [-0.3, -0.25) is 9.59 Å². The molecular weight excluding hydrogens is 336 g/mol. The van der Waals surface area contributed by atoms with Crippen LogP contribution >= 0.6 is 11.8 Å². The Bertz CT molecular complexity index is 601. The second-order valence-corrected chi connectivity index (χ2v) is 6.93. The predicted octanol–water partition coefficient (Wildman–Crippen LogP) is 3.01. The van der Waals surface area contributed by atoms with Crippen molar-refractivity contribution >= 4 is 23.6 Å². The second-order valence-electron chi connectivity index (χ2n) is 6.13. The summed E-state index contributed by atoms with van der Waals surface area (Å²) in [6, 6.07) is 0. The Hall–Kier alpha value is -1.63. The van der Waals surface area contributed by atoms with Crippen LogP contribution in [-0.2, 0) is 4.79 Å². The van der Waals surface area contributed by atoms with Crippen LogP contribution in [0.25, 0.3) is 0 Å². The second kappa shape index (κ2) is 10.4. The van der Waals surface area contributed by atoms with Crippen LogP contribution in [0.1, 0.15) is 68.3 Å². The van der Waals surface area contributed by atoms with E-state index >= 15 is 0 Å². The van der Waals surface area contributed by atoms with Crippen LogP contribution in [0.15, 0.2) is 5.03 Å². The maximum atomic E-state index is 12.5. The molecule has 25 heavy (non-hydrogen) atoms. The zero-order valence-corrected chi connectivity index (χ0v) is 17.0. The van der Waals surface area contributed by atoms with Crippen molar-refractivity contribution in [3.05, 3.63) is 17.1 Å². The fraction of sp³-hybridized carbons (Fsp3) is 0.667. The molecular formula is C18H30N4O2S. The van der Waals surface area contributed by atoms with E-state index in [4.69, 9.17) is 0 Å². The molecule has 1 N–H and O–H groups in total. The molecule has 0 aliphatic carbocycles. The number of nitrogens with zero attached hydrogens (tertiary/aromatic N) is 3. The van der Waals surface area contributed by atoms with Crippen LogP contribution in [0.4, 0.5) is 0 Å². The van der Waals surface area contributed by atoms with E-state index in [1.165, 1.54) is 11.8 Å². The van der Waals surface area contributed by atoms with E-state index in [2.05, 4.69) is 15.3 Å². The zero-order chi connectivity index (χ0) is 19.0. The summed E-state index contributed by atoms with van der Waals surface area (Å²) in [4.78, 5) is 35.2. The molecule has 1 rings (SSSR count). The summed E-state index contributed by atoms with van der Waals surface area (Å²) >= 11 is 1.45. The van der Waals surface area contributed by atoms with Crippen LogP contribution in [0.2, 0.25) is 0 Å². The Morgan fingerprint density at radius 2 is 1.84 bits per heavy atom. The highest BCUT2D eigenvalue weighted by Gasteiger charge is 2.19. The van der Waals surface area contributed by atoms with Crippen molar-refractivity contribution in [2.75, 3.05) is 25.9 Å². The van der Waals surface area contributed by atoms with Gasteiger partial charge in [0, 0.05) is 32.0 Å². The van der Waals surface area contributed by atoms with Gasteiger partial charge in [-0.2, -0.15) is 0 Å². The molecule has 0 aromatic carbocycles. The molecule has 1 aromatic rings. The Morgan fingerprint density at radius 3 is 2.36 bits per heavy atom. The standard InChI is InChI=1S/C18H30N4O2S/c1-7-22(8-2)14(23)10-9-11-19-17(24)15-13(5)20-16(12(3)4)21-18(15)25-6/h12H,7-11H2,1-6H3,(H,19,24). The third kappa shape index (κ3) is 5.99. The molecule has 7 heteroatoms. The van der Waals surface area contributed by atoms with Gasteiger partial charge in [0.25, 0.3) is 5.91 Å². The topological polar surface area (TPSA) is 75.2 Å². The van der Waals surface area contributed by atoms with Gasteiger partial charge in [-0.1, -0.05) is 13.8 Å². The van der Waals surface area contributed by atoms with Gasteiger partial charge in [0.2, 0.25) is 5.91 Å². The molecule has 0 saturated heterocycles. The summed E-state index contributed by atoms with van der Waals surface area (Å²) in [5.41, 5.74) is 1.23. The zero-order valence-electron chi connectivity index (χ0n) is 16.2. The number of hydrogen-bond donors (Lipinski definition) is 1.